The van der Waals surface area contributed by atoms with Crippen molar-refractivity contribution < 1.29 is 9.50 Å². The number of aromatic hydroxyl groups is 1. The zero-order valence-electron chi connectivity index (χ0n) is 7.33. The van der Waals surface area contributed by atoms with E-state index in [1.54, 1.807) is 0 Å². The molecule has 0 aliphatic carbocycles. The van der Waals surface area contributed by atoms with Gasteiger partial charge < -0.3 is 5.11 Å². The standard InChI is InChI=1S/C10H4ClFN2O/c11-10-5(3-13)4-14-8-2-9(15)7(12)1-6(8)10/h1-2,4,15H. The summed E-state index contributed by atoms with van der Waals surface area (Å²) < 4.78 is 13.0. The number of hydrogen-bond acceptors (Lipinski definition) is 3. The summed E-state index contributed by atoms with van der Waals surface area (Å²) in [5.74, 6) is -1.28. The van der Waals surface area contributed by atoms with Gasteiger partial charge in [0.15, 0.2) is 11.6 Å². The van der Waals surface area contributed by atoms with Crippen LogP contribution in [0.4, 0.5) is 4.39 Å². The molecule has 15 heavy (non-hydrogen) atoms. The van der Waals surface area contributed by atoms with E-state index < -0.39 is 11.6 Å². The Balaban J connectivity index is 2.89. The van der Waals surface area contributed by atoms with E-state index >= 15 is 0 Å². The lowest BCUT2D eigenvalue weighted by atomic mass is 10.1. The minimum Gasteiger partial charge on any atom is -0.505 e. The molecule has 0 atom stereocenters. The Bertz CT molecular complexity index is 592. The summed E-state index contributed by atoms with van der Waals surface area (Å²) in [5.41, 5.74) is 0.521. The number of aromatic nitrogens is 1. The molecule has 0 saturated carbocycles. The van der Waals surface area contributed by atoms with E-state index in [1.165, 1.54) is 6.20 Å². The van der Waals surface area contributed by atoms with E-state index in [1.807, 2.05) is 6.07 Å². The van der Waals surface area contributed by atoms with Gasteiger partial charge in [-0.05, 0) is 6.07 Å². The van der Waals surface area contributed by atoms with Gasteiger partial charge in [0.1, 0.15) is 6.07 Å². The monoisotopic (exact) mass is 222 g/mol. The van der Waals surface area contributed by atoms with Crippen LogP contribution in [0.25, 0.3) is 10.9 Å². The van der Waals surface area contributed by atoms with Crippen LogP contribution in [-0.4, -0.2) is 10.1 Å². The maximum absolute atomic E-state index is 13.0. The number of rotatable bonds is 0. The van der Waals surface area contributed by atoms with Gasteiger partial charge >= 0.3 is 0 Å². The number of nitrogens with zero attached hydrogens (tertiary/aromatic N) is 2. The highest BCUT2D eigenvalue weighted by atomic mass is 35.5. The number of phenolic OH excluding ortho intramolecular Hbond substituents is 1. The van der Waals surface area contributed by atoms with Gasteiger partial charge in [-0.3, -0.25) is 4.98 Å². The fourth-order valence-corrected chi connectivity index (χ4v) is 1.49. The van der Waals surface area contributed by atoms with Crippen molar-refractivity contribution in [3.05, 3.63) is 34.7 Å². The van der Waals surface area contributed by atoms with E-state index in [9.17, 15) is 4.39 Å². The predicted molar refractivity (Wildman–Crippen MR) is 53.1 cm³/mol. The van der Waals surface area contributed by atoms with Gasteiger partial charge in [-0.1, -0.05) is 11.6 Å². The summed E-state index contributed by atoms with van der Waals surface area (Å²) in [6.07, 6.45) is 1.28. The molecule has 1 aromatic carbocycles. The Morgan fingerprint density at radius 3 is 2.87 bits per heavy atom. The Kier molecular flexibility index (Phi) is 2.18. The zero-order chi connectivity index (χ0) is 11.0. The smallest absolute Gasteiger partial charge is 0.165 e. The van der Waals surface area contributed by atoms with E-state index in [2.05, 4.69) is 4.98 Å². The van der Waals surface area contributed by atoms with Crippen molar-refractivity contribution in [1.82, 2.24) is 4.98 Å². The normalized spacial score (nSPS) is 10.2. The van der Waals surface area contributed by atoms with Crippen LogP contribution >= 0.6 is 11.6 Å². The minimum absolute atomic E-state index is 0.140. The number of pyridine rings is 1. The molecule has 3 nitrogen and oxygen atoms in total. The molecular formula is C10H4ClFN2O. The van der Waals surface area contributed by atoms with Gasteiger partial charge in [-0.25, -0.2) is 4.39 Å². The fraction of sp³-hybridized carbons (Fsp3) is 0. The molecular weight excluding hydrogens is 219 g/mol. The Hall–Kier alpha value is -1.86. The number of phenols is 1. The van der Waals surface area contributed by atoms with Crippen molar-refractivity contribution >= 4 is 22.5 Å². The zero-order valence-corrected chi connectivity index (χ0v) is 8.09. The Morgan fingerprint density at radius 2 is 2.20 bits per heavy atom. The SMILES string of the molecule is N#Cc1cnc2cc(O)c(F)cc2c1Cl. The second kappa shape index (κ2) is 3.37. The van der Waals surface area contributed by atoms with Crippen LogP contribution in [0.5, 0.6) is 5.75 Å². The topological polar surface area (TPSA) is 56.9 Å². The summed E-state index contributed by atoms with van der Waals surface area (Å²) in [5, 5.41) is 18.2. The average molecular weight is 223 g/mol. The molecule has 0 radical (unpaired) electrons. The third kappa shape index (κ3) is 1.47. The van der Waals surface area contributed by atoms with Gasteiger partial charge in [-0.2, -0.15) is 5.26 Å². The van der Waals surface area contributed by atoms with Gasteiger partial charge in [0.05, 0.1) is 16.1 Å². The number of hydrogen-bond donors (Lipinski definition) is 1. The second-order valence-corrected chi connectivity index (χ2v) is 3.30. The van der Waals surface area contributed by atoms with Gasteiger partial charge in [0.25, 0.3) is 0 Å². The molecule has 1 N–H and O–H groups in total. The van der Waals surface area contributed by atoms with E-state index in [0.29, 0.717) is 10.9 Å². The van der Waals surface area contributed by atoms with E-state index in [-0.39, 0.29) is 10.6 Å². The highest BCUT2D eigenvalue weighted by Crippen LogP contribution is 2.29. The lowest BCUT2D eigenvalue weighted by molar-refractivity contribution is 0.433. The van der Waals surface area contributed by atoms with Crippen LogP contribution in [-0.2, 0) is 0 Å². The molecule has 0 unspecified atom stereocenters. The minimum atomic E-state index is -0.790. The molecule has 5 heteroatoms. The number of fused-ring (bicyclic) bond motifs is 1. The van der Waals surface area contributed by atoms with Gasteiger partial charge in [0.2, 0.25) is 0 Å². The first-order valence-electron chi connectivity index (χ1n) is 4.00. The lowest BCUT2D eigenvalue weighted by Gasteiger charge is -2.02. The summed E-state index contributed by atoms with van der Waals surface area (Å²) in [7, 11) is 0. The van der Waals surface area contributed by atoms with E-state index in [4.69, 9.17) is 22.0 Å². The molecule has 0 amide bonds. The Labute approximate surface area is 89.4 Å². The molecule has 2 rings (SSSR count). The first-order chi connectivity index (χ1) is 7.13. The van der Waals surface area contributed by atoms with Crippen molar-refractivity contribution in [2.75, 3.05) is 0 Å². The Morgan fingerprint density at radius 1 is 1.47 bits per heavy atom. The van der Waals surface area contributed by atoms with Crippen molar-refractivity contribution in [3.63, 3.8) is 0 Å². The van der Waals surface area contributed by atoms with E-state index in [0.717, 1.165) is 12.1 Å². The van der Waals surface area contributed by atoms with Crippen LogP contribution in [0.3, 0.4) is 0 Å². The molecule has 74 valence electrons. The van der Waals surface area contributed by atoms with Crippen LogP contribution in [0, 0.1) is 17.1 Å². The van der Waals surface area contributed by atoms with Crippen LogP contribution in [0.1, 0.15) is 5.56 Å². The third-order valence-corrected chi connectivity index (χ3v) is 2.40. The third-order valence-electron chi connectivity index (χ3n) is 1.99. The number of halogens is 2. The van der Waals surface area contributed by atoms with Crippen molar-refractivity contribution in [1.29, 1.82) is 5.26 Å². The number of nitriles is 1. The van der Waals surface area contributed by atoms with Crippen LogP contribution in [0.2, 0.25) is 5.02 Å². The van der Waals surface area contributed by atoms with Crippen molar-refractivity contribution in [3.8, 4) is 11.8 Å². The first-order valence-corrected chi connectivity index (χ1v) is 4.38. The van der Waals surface area contributed by atoms with Crippen molar-refractivity contribution in [2.45, 2.75) is 0 Å². The maximum Gasteiger partial charge on any atom is 0.165 e. The predicted octanol–water partition coefficient (Wildman–Crippen LogP) is 2.60. The molecule has 0 bridgehead atoms. The summed E-state index contributed by atoms with van der Waals surface area (Å²) in [6.45, 7) is 0. The molecule has 0 saturated heterocycles. The largest absolute Gasteiger partial charge is 0.505 e. The quantitative estimate of drug-likeness (QED) is 0.745. The molecule has 2 aromatic rings. The van der Waals surface area contributed by atoms with Crippen LogP contribution < -0.4 is 0 Å². The lowest BCUT2D eigenvalue weighted by Crippen LogP contribution is -1.87. The highest BCUT2D eigenvalue weighted by Gasteiger charge is 2.10. The van der Waals surface area contributed by atoms with Crippen molar-refractivity contribution in [2.24, 2.45) is 0 Å². The van der Waals surface area contributed by atoms with Crippen LogP contribution in [0.15, 0.2) is 18.3 Å². The fourth-order valence-electron chi connectivity index (χ4n) is 1.25. The number of benzene rings is 1. The second-order valence-electron chi connectivity index (χ2n) is 2.92. The summed E-state index contributed by atoms with van der Waals surface area (Å²) in [6, 6.07) is 4.06. The summed E-state index contributed by atoms with van der Waals surface area (Å²) in [4.78, 5) is 3.88. The molecule has 0 fully saturated rings. The highest BCUT2D eigenvalue weighted by molar-refractivity contribution is 6.36. The molecule has 0 spiro atoms. The molecule has 0 aliphatic heterocycles. The molecule has 1 aromatic heterocycles. The molecule has 1 heterocycles. The summed E-state index contributed by atoms with van der Waals surface area (Å²) >= 11 is 5.86. The first kappa shape index (κ1) is 9.69. The van der Waals surface area contributed by atoms with Gasteiger partial charge in [-0.15, -0.1) is 0 Å². The van der Waals surface area contributed by atoms with Gasteiger partial charge in [0, 0.05) is 17.6 Å². The molecule has 0 aliphatic rings. The maximum atomic E-state index is 13.0. The average Bonchev–Trinajstić information content (AvgIpc) is 2.22.